The molecule has 5 amide bonds. The zero-order valence-electron chi connectivity index (χ0n) is 36.4. The van der Waals surface area contributed by atoms with E-state index in [1.807, 2.05) is 30.9 Å². The molecule has 0 bridgehead atoms. The lowest BCUT2D eigenvalue weighted by atomic mass is 10.1. The van der Waals surface area contributed by atoms with Gasteiger partial charge in [-0.1, -0.05) is 12.2 Å². The van der Waals surface area contributed by atoms with Crippen LogP contribution in [0.25, 0.3) is 22.1 Å². The van der Waals surface area contributed by atoms with Crippen LogP contribution in [0.3, 0.4) is 0 Å². The lowest BCUT2D eigenvalue weighted by molar-refractivity contribution is -0.132. The Morgan fingerprint density at radius 1 is 0.734 bits per heavy atom. The second-order valence-corrected chi connectivity index (χ2v) is 15.1. The van der Waals surface area contributed by atoms with Gasteiger partial charge in [-0.15, -0.1) is 0 Å². The van der Waals surface area contributed by atoms with E-state index in [9.17, 15) is 24.0 Å². The topological polar surface area (TPSA) is 266 Å². The summed E-state index contributed by atoms with van der Waals surface area (Å²) in [4.78, 5) is 76.5. The summed E-state index contributed by atoms with van der Waals surface area (Å²) in [6, 6.07) is 9.44. The van der Waals surface area contributed by atoms with E-state index in [0.29, 0.717) is 83.2 Å². The molecule has 0 aliphatic carbocycles. The molecule has 21 nitrogen and oxygen atoms in total. The molecule has 64 heavy (non-hydrogen) atoms. The standard InChI is InChI=1S/C43H52N14O7/c1-6-56-31(19-25(3)51-56)40(61)49-42-47-29-21-27(38(44)59)23-33(63-5)36(29)54(42)14-8-9-15-55-37-30(48-43(55)50-41(62)32-20-26(4)52-57(32)7-2)22-28(39(45)60)24-34(37)64-18-10-11-35(58)53-16-12-46-13-17-53/h8-9,19-24,46H,6-7,10-18H2,1-5H3,(H2,44,59)(H2,45,60)(H,47,49,61)(H,48,50,62)/b9-8+. The first kappa shape index (κ1) is 44.5. The van der Waals surface area contributed by atoms with E-state index < -0.39 is 23.6 Å². The Bertz CT molecular complexity index is 2790. The maximum atomic E-state index is 13.8. The highest BCUT2D eigenvalue weighted by Crippen LogP contribution is 2.33. The van der Waals surface area contributed by atoms with Crippen LogP contribution in [0.2, 0.25) is 0 Å². The first-order valence-corrected chi connectivity index (χ1v) is 21.0. The average Bonchev–Trinajstić information content (AvgIpc) is 4.05. The number of hydrogen-bond acceptors (Lipinski definition) is 12. The smallest absolute Gasteiger partial charge is 0.276 e. The quantitative estimate of drug-likeness (QED) is 0.0617. The Kier molecular flexibility index (Phi) is 13.4. The molecule has 1 aliphatic heterocycles. The first-order chi connectivity index (χ1) is 30.8. The highest BCUT2D eigenvalue weighted by Gasteiger charge is 2.24. The van der Waals surface area contributed by atoms with Gasteiger partial charge in [-0.2, -0.15) is 10.2 Å². The molecule has 0 spiro atoms. The van der Waals surface area contributed by atoms with Crippen molar-refractivity contribution in [2.75, 3.05) is 50.5 Å². The molecule has 4 aromatic heterocycles. The number of primary amides is 2. The van der Waals surface area contributed by atoms with E-state index in [1.54, 1.807) is 44.5 Å². The largest absolute Gasteiger partial charge is 0.494 e. The van der Waals surface area contributed by atoms with E-state index in [2.05, 4.69) is 31.1 Å². The Labute approximate surface area is 367 Å². The van der Waals surface area contributed by atoms with Crippen LogP contribution in [0.15, 0.2) is 48.6 Å². The maximum Gasteiger partial charge on any atom is 0.276 e. The minimum atomic E-state index is -0.703. The summed E-state index contributed by atoms with van der Waals surface area (Å²) in [5.74, 6) is -1.36. The highest BCUT2D eigenvalue weighted by atomic mass is 16.5. The number of imidazole rings is 2. The molecule has 336 valence electrons. The number of benzene rings is 2. The average molecular weight is 877 g/mol. The predicted octanol–water partition coefficient (Wildman–Crippen LogP) is 2.99. The van der Waals surface area contributed by atoms with Crippen LogP contribution in [-0.4, -0.2) is 113 Å². The number of nitrogens with zero attached hydrogens (tertiary/aromatic N) is 9. The molecule has 0 unspecified atom stereocenters. The van der Waals surface area contributed by atoms with Crippen LogP contribution >= 0.6 is 0 Å². The van der Waals surface area contributed by atoms with Crippen molar-refractivity contribution in [3.63, 3.8) is 0 Å². The third kappa shape index (κ3) is 9.43. The number of rotatable bonds is 18. The van der Waals surface area contributed by atoms with Crippen LogP contribution in [0.5, 0.6) is 11.5 Å². The minimum absolute atomic E-state index is 0.0323. The molecule has 6 aromatic rings. The number of anilines is 2. The number of ether oxygens (including phenoxy) is 2. The van der Waals surface area contributed by atoms with Gasteiger partial charge in [-0.05, 0) is 70.5 Å². The Hall–Kier alpha value is -7.55. The number of hydrogen-bond donors (Lipinski definition) is 5. The number of piperazine rings is 1. The summed E-state index contributed by atoms with van der Waals surface area (Å²) >= 11 is 0. The first-order valence-electron chi connectivity index (χ1n) is 21.0. The molecule has 1 fully saturated rings. The van der Waals surface area contributed by atoms with Gasteiger partial charge in [0.05, 0.1) is 36.1 Å². The van der Waals surface area contributed by atoms with E-state index in [1.165, 1.54) is 31.4 Å². The number of amides is 5. The van der Waals surface area contributed by atoms with E-state index in [-0.39, 0.29) is 60.8 Å². The molecule has 1 saturated heterocycles. The second kappa shape index (κ2) is 19.2. The van der Waals surface area contributed by atoms with Crippen molar-refractivity contribution in [3.05, 3.63) is 82.5 Å². The predicted molar refractivity (Wildman–Crippen MR) is 238 cm³/mol. The van der Waals surface area contributed by atoms with Crippen molar-refractivity contribution >= 4 is 63.5 Å². The Morgan fingerprint density at radius 2 is 1.22 bits per heavy atom. The van der Waals surface area contributed by atoms with Crippen LogP contribution in [-0.2, 0) is 31.0 Å². The lowest BCUT2D eigenvalue weighted by Gasteiger charge is -2.27. The fourth-order valence-corrected chi connectivity index (χ4v) is 7.66. The Balaban J connectivity index is 1.24. The normalized spacial score (nSPS) is 12.9. The molecular formula is C43H52N14O7. The van der Waals surface area contributed by atoms with Crippen LogP contribution in [0, 0.1) is 13.8 Å². The van der Waals surface area contributed by atoms with Crippen LogP contribution < -0.4 is 36.9 Å². The molecule has 7 N–H and O–H groups in total. The summed E-state index contributed by atoms with van der Waals surface area (Å²) in [6.45, 7) is 11.4. The van der Waals surface area contributed by atoms with Gasteiger partial charge in [0.2, 0.25) is 29.6 Å². The molecule has 0 radical (unpaired) electrons. The second-order valence-electron chi connectivity index (χ2n) is 15.1. The number of allylic oxidation sites excluding steroid dienone is 2. The van der Waals surface area contributed by atoms with Crippen molar-refractivity contribution in [2.45, 2.75) is 66.7 Å². The number of carbonyl (C=O) groups excluding carboxylic acids is 5. The monoisotopic (exact) mass is 876 g/mol. The fraction of sp³-hybridized carbons (Fsp3) is 0.372. The molecule has 7 rings (SSSR count). The number of nitrogens with two attached hydrogens (primary N) is 2. The van der Waals surface area contributed by atoms with Crippen molar-refractivity contribution in [1.82, 2.24) is 48.9 Å². The third-order valence-corrected chi connectivity index (χ3v) is 10.7. The minimum Gasteiger partial charge on any atom is -0.494 e. The number of carbonyl (C=O) groups is 5. The van der Waals surface area contributed by atoms with Gasteiger partial charge in [0.1, 0.15) is 33.9 Å². The number of aromatic nitrogens is 8. The van der Waals surface area contributed by atoms with Gasteiger partial charge in [0.25, 0.3) is 11.8 Å². The van der Waals surface area contributed by atoms with Gasteiger partial charge in [0.15, 0.2) is 0 Å². The van der Waals surface area contributed by atoms with Crippen LogP contribution in [0.1, 0.15) is 79.8 Å². The van der Waals surface area contributed by atoms with Gasteiger partial charge < -0.3 is 40.3 Å². The molecule has 2 aromatic carbocycles. The van der Waals surface area contributed by atoms with Crippen molar-refractivity contribution in [1.29, 1.82) is 0 Å². The van der Waals surface area contributed by atoms with Gasteiger partial charge in [0, 0.05) is 69.9 Å². The third-order valence-electron chi connectivity index (χ3n) is 10.7. The number of methoxy groups -OCH3 is 1. The van der Waals surface area contributed by atoms with E-state index in [4.69, 9.17) is 25.9 Å². The number of aryl methyl sites for hydroxylation is 4. The molecule has 0 saturated carbocycles. The van der Waals surface area contributed by atoms with Crippen molar-refractivity contribution in [2.24, 2.45) is 11.5 Å². The molecule has 5 heterocycles. The zero-order valence-corrected chi connectivity index (χ0v) is 36.4. The highest BCUT2D eigenvalue weighted by molar-refractivity contribution is 6.05. The van der Waals surface area contributed by atoms with Gasteiger partial charge >= 0.3 is 0 Å². The number of nitrogens with one attached hydrogen (secondary N) is 3. The summed E-state index contributed by atoms with van der Waals surface area (Å²) in [5, 5.41) is 17.9. The van der Waals surface area contributed by atoms with E-state index in [0.717, 1.165) is 13.1 Å². The van der Waals surface area contributed by atoms with Crippen LogP contribution in [0.4, 0.5) is 11.9 Å². The fourth-order valence-electron chi connectivity index (χ4n) is 7.66. The molecule has 21 heteroatoms. The van der Waals surface area contributed by atoms with E-state index >= 15 is 0 Å². The summed E-state index contributed by atoms with van der Waals surface area (Å²) in [7, 11) is 1.45. The molecule has 1 aliphatic rings. The van der Waals surface area contributed by atoms with Gasteiger partial charge in [-0.25, -0.2) is 9.97 Å². The molecule has 0 atom stereocenters. The zero-order chi connectivity index (χ0) is 45.7. The summed E-state index contributed by atoms with van der Waals surface area (Å²) in [6.07, 6.45) is 4.33. The Morgan fingerprint density at radius 3 is 1.69 bits per heavy atom. The summed E-state index contributed by atoms with van der Waals surface area (Å²) < 4.78 is 18.6. The van der Waals surface area contributed by atoms with Crippen molar-refractivity contribution in [3.8, 4) is 11.5 Å². The molecular weight excluding hydrogens is 825 g/mol. The number of fused-ring (bicyclic) bond motifs is 2. The maximum absolute atomic E-state index is 13.8. The SMILES string of the molecule is CCn1nc(C)cc1C(=O)Nc1nc2cc(C(N)=O)cc(OC)c2n1C/C=C/Cn1c(NC(=O)c2cc(C)nn2CC)nc2cc(C(N)=O)cc(OCCCC(=O)N3CCNCC3)c21. The lowest BCUT2D eigenvalue weighted by Crippen LogP contribution is -2.46. The van der Waals surface area contributed by atoms with Crippen molar-refractivity contribution < 1.29 is 33.4 Å². The van der Waals surface area contributed by atoms with Gasteiger partial charge in [-0.3, -0.25) is 44.0 Å². The summed E-state index contributed by atoms with van der Waals surface area (Å²) in [5.41, 5.74) is 15.3.